The van der Waals surface area contributed by atoms with Gasteiger partial charge >= 0.3 is 0 Å². The minimum atomic E-state index is -4.29. The summed E-state index contributed by atoms with van der Waals surface area (Å²) in [4.78, 5) is 11.8. The van der Waals surface area contributed by atoms with Crippen molar-refractivity contribution >= 4 is 29.4 Å². The molecule has 0 rings (SSSR count). The molecule has 0 aliphatic heterocycles. The Bertz CT molecular complexity index is 510. The van der Waals surface area contributed by atoms with Crippen molar-refractivity contribution in [2.75, 3.05) is 104 Å². The largest absolute Gasteiger partial charge is 0.756 e. The van der Waals surface area contributed by atoms with Crippen LogP contribution in [0.4, 0.5) is 0 Å². The summed E-state index contributed by atoms with van der Waals surface area (Å²) in [6.45, 7) is 4.19. The Balaban J connectivity index is 3.27. The second-order valence-corrected chi connectivity index (χ2v) is 12.2. The molecule has 0 aromatic rings. The maximum absolute atomic E-state index is 11.8. The average Bonchev–Trinajstić information content (AvgIpc) is 2.90. The normalized spacial score (nSPS) is 13.2. The second-order valence-electron chi connectivity index (χ2n) is 8.10. The van der Waals surface area contributed by atoms with Crippen LogP contribution in [0.1, 0.15) is 51.4 Å². The molecule has 1 unspecified atom stereocenters. The molecule has 0 saturated carbocycles. The number of rotatable bonds is 33. The van der Waals surface area contributed by atoms with Gasteiger partial charge in [-0.3, -0.25) is 4.57 Å². The van der Waals surface area contributed by atoms with Gasteiger partial charge in [-0.15, -0.1) is 0 Å². The molecule has 230 valence electrons. The van der Waals surface area contributed by atoms with Gasteiger partial charge < -0.3 is 47.8 Å². The Labute approximate surface area is 237 Å². The van der Waals surface area contributed by atoms with E-state index in [-0.39, 0.29) is 26.4 Å². The van der Waals surface area contributed by atoms with Crippen LogP contribution < -0.4 is 4.89 Å². The Kier molecular flexibility index (Phi) is 32.5. The number of ether oxygens (including phenoxy) is 5. The van der Waals surface area contributed by atoms with Crippen LogP contribution in [-0.2, 0) is 37.3 Å². The zero-order chi connectivity index (χ0) is 27.8. The number of hydrogen-bond acceptors (Lipinski definition) is 13. The van der Waals surface area contributed by atoms with E-state index in [1.165, 1.54) is 12.8 Å². The zero-order valence-corrected chi connectivity index (χ0v) is 25.3. The molecular formula is C24H50O11PS2-. The third-order valence-corrected chi connectivity index (χ3v) is 8.37. The first-order valence-corrected chi connectivity index (χ1v) is 17.5. The van der Waals surface area contributed by atoms with Crippen LogP contribution in [-0.4, -0.2) is 114 Å². The lowest BCUT2D eigenvalue weighted by Crippen LogP contribution is -2.15. The van der Waals surface area contributed by atoms with E-state index in [9.17, 15) is 9.46 Å². The van der Waals surface area contributed by atoms with Crippen LogP contribution in [0.3, 0.4) is 0 Å². The summed E-state index contributed by atoms with van der Waals surface area (Å²) in [6.07, 6.45) is 8.17. The van der Waals surface area contributed by atoms with Crippen molar-refractivity contribution < 1.29 is 52.4 Å². The van der Waals surface area contributed by atoms with Crippen molar-refractivity contribution in [3.8, 4) is 0 Å². The Morgan fingerprint density at radius 1 is 0.474 bits per heavy atom. The smallest absolute Gasteiger partial charge is 0.267 e. The standard InChI is InChI=1S/C24H51O11PS2/c25-9-5-1-3-7-23-37-38-24-8-4-2-6-11-34-36(27,28)35-22-21-33-20-19-32-18-17-31-16-15-30-14-13-29-12-10-26/h25-26H,1-24H2,(H,27,28)/p-1. The summed E-state index contributed by atoms with van der Waals surface area (Å²) >= 11 is 0. The van der Waals surface area contributed by atoms with Crippen LogP contribution in [0, 0.1) is 0 Å². The van der Waals surface area contributed by atoms with Gasteiger partial charge in [-0.1, -0.05) is 47.3 Å². The van der Waals surface area contributed by atoms with E-state index >= 15 is 0 Å². The fraction of sp³-hybridized carbons (Fsp3) is 1.00. The van der Waals surface area contributed by atoms with Gasteiger partial charge in [0, 0.05) is 18.1 Å². The second kappa shape index (κ2) is 32.0. The molecule has 0 bridgehead atoms. The number of aliphatic hydroxyl groups is 2. The Morgan fingerprint density at radius 3 is 1.34 bits per heavy atom. The van der Waals surface area contributed by atoms with Crippen molar-refractivity contribution in [3.63, 3.8) is 0 Å². The van der Waals surface area contributed by atoms with Crippen LogP contribution in [0.15, 0.2) is 0 Å². The molecule has 14 heteroatoms. The lowest BCUT2D eigenvalue weighted by Gasteiger charge is -2.22. The zero-order valence-electron chi connectivity index (χ0n) is 22.8. The van der Waals surface area contributed by atoms with Gasteiger partial charge in [0.05, 0.1) is 85.9 Å². The van der Waals surface area contributed by atoms with E-state index in [2.05, 4.69) is 0 Å². The maximum Gasteiger partial charge on any atom is 0.267 e. The summed E-state index contributed by atoms with van der Waals surface area (Å²) in [7, 11) is -0.494. The average molecular weight is 610 g/mol. The molecule has 0 heterocycles. The molecule has 0 saturated heterocycles. The molecule has 0 aliphatic carbocycles. The number of aliphatic hydroxyl groups excluding tert-OH is 2. The summed E-state index contributed by atoms with van der Waals surface area (Å²) in [5.74, 6) is 2.25. The number of unbranched alkanes of at least 4 members (excludes halogenated alkanes) is 6. The van der Waals surface area contributed by atoms with Crippen LogP contribution >= 0.6 is 29.4 Å². The molecule has 2 N–H and O–H groups in total. The quantitative estimate of drug-likeness (QED) is 0.0639. The molecule has 0 radical (unpaired) electrons. The fourth-order valence-corrected chi connectivity index (χ4v) is 5.85. The van der Waals surface area contributed by atoms with Crippen molar-refractivity contribution in [1.29, 1.82) is 0 Å². The molecule has 0 aromatic heterocycles. The highest BCUT2D eigenvalue weighted by Gasteiger charge is 2.08. The van der Waals surface area contributed by atoms with E-state index in [0.29, 0.717) is 72.5 Å². The van der Waals surface area contributed by atoms with Gasteiger partial charge in [-0.05, 0) is 25.7 Å². The van der Waals surface area contributed by atoms with E-state index < -0.39 is 7.82 Å². The highest BCUT2D eigenvalue weighted by atomic mass is 33.1. The highest BCUT2D eigenvalue weighted by molar-refractivity contribution is 8.76. The molecule has 0 aliphatic rings. The first-order valence-electron chi connectivity index (χ1n) is 13.6. The van der Waals surface area contributed by atoms with Gasteiger partial charge in [0.15, 0.2) is 0 Å². The third-order valence-electron chi connectivity index (χ3n) is 4.79. The highest BCUT2D eigenvalue weighted by Crippen LogP contribution is 2.38. The van der Waals surface area contributed by atoms with Crippen molar-refractivity contribution in [3.05, 3.63) is 0 Å². The van der Waals surface area contributed by atoms with Crippen molar-refractivity contribution in [2.45, 2.75) is 51.4 Å². The van der Waals surface area contributed by atoms with Gasteiger partial charge in [0.25, 0.3) is 7.82 Å². The minimum Gasteiger partial charge on any atom is -0.756 e. The van der Waals surface area contributed by atoms with Gasteiger partial charge in [0.1, 0.15) is 0 Å². The van der Waals surface area contributed by atoms with Crippen LogP contribution in [0.5, 0.6) is 0 Å². The molecule has 1 atom stereocenters. The monoisotopic (exact) mass is 609 g/mol. The summed E-state index contributed by atoms with van der Waals surface area (Å²) in [6, 6.07) is 0. The van der Waals surface area contributed by atoms with Crippen LogP contribution in [0.25, 0.3) is 0 Å². The Morgan fingerprint density at radius 2 is 0.868 bits per heavy atom. The number of phosphoric acid groups is 1. The molecule has 0 fully saturated rings. The molecule has 0 spiro atoms. The predicted molar refractivity (Wildman–Crippen MR) is 150 cm³/mol. The summed E-state index contributed by atoms with van der Waals surface area (Å²) in [5.41, 5.74) is 0. The molecule has 38 heavy (non-hydrogen) atoms. The number of phosphoric ester groups is 1. The first-order chi connectivity index (χ1) is 18.6. The topological polar surface area (TPSA) is 145 Å². The SMILES string of the molecule is O=P([O-])(OCCCCCCSSCCCCCCO)OCCOCCOCCOCCOCCOCCO. The first kappa shape index (κ1) is 38.5. The molecule has 0 amide bonds. The lowest BCUT2D eigenvalue weighted by molar-refractivity contribution is -0.226. The predicted octanol–water partition coefficient (Wildman–Crippen LogP) is 3.06. The van der Waals surface area contributed by atoms with E-state index in [0.717, 1.165) is 43.6 Å². The van der Waals surface area contributed by atoms with E-state index in [1.54, 1.807) is 0 Å². The van der Waals surface area contributed by atoms with Gasteiger partial charge in [-0.2, -0.15) is 0 Å². The molecule has 11 nitrogen and oxygen atoms in total. The fourth-order valence-electron chi connectivity index (χ4n) is 2.83. The summed E-state index contributed by atoms with van der Waals surface area (Å²) < 4.78 is 47.8. The van der Waals surface area contributed by atoms with Crippen molar-refractivity contribution in [2.24, 2.45) is 0 Å². The minimum absolute atomic E-state index is 0.00845. The van der Waals surface area contributed by atoms with Gasteiger partial charge in [-0.25, -0.2) is 0 Å². The third kappa shape index (κ3) is 32.7. The van der Waals surface area contributed by atoms with E-state index in [1.807, 2.05) is 21.6 Å². The maximum atomic E-state index is 11.8. The van der Waals surface area contributed by atoms with Gasteiger partial charge in [0.2, 0.25) is 0 Å². The Hall–Kier alpha value is 0.530. The number of hydrogen-bond donors (Lipinski definition) is 2. The summed E-state index contributed by atoms with van der Waals surface area (Å²) in [5, 5.41) is 17.3. The lowest BCUT2D eigenvalue weighted by atomic mass is 10.2. The van der Waals surface area contributed by atoms with Crippen LogP contribution in [0.2, 0.25) is 0 Å². The molecular weight excluding hydrogens is 559 g/mol. The van der Waals surface area contributed by atoms with Crippen molar-refractivity contribution in [1.82, 2.24) is 0 Å². The van der Waals surface area contributed by atoms with E-state index in [4.69, 9.17) is 42.9 Å². The molecule has 0 aromatic carbocycles.